The third kappa shape index (κ3) is 3.53. The van der Waals surface area contributed by atoms with Crippen LogP contribution in [-0.2, 0) is 0 Å². The van der Waals surface area contributed by atoms with E-state index in [1.165, 1.54) is 35.6 Å². The van der Waals surface area contributed by atoms with Crippen molar-refractivity contribution in [2.75, 3.05) is 0 Å². The number of aromatic amines is 1. The zero-order valence-electron chi connectivity index (χ0n) is 16.5. The normalized spacial score (nSPS) is 20.9. The molecule has 148 valence electrons. The Morgan fingerprint density at radius 3 is 2.69 bits per heavy atom. The molecule has 2 aromatic heterocycles. The monoisotopic (exact) mass is 406 g/mol. The SMILES string of the molecule is C[C@H](c1cc2ccc(Cl)cc2[nH]1)C1CCC(c2ccnc3ccc(F)cc23)CC1. The van der Waals surface area contributed by atoms with Crippen LogP contribution in [0.15, 0.2) is 54.7 Å². The summed E-state index contributed by atoms with van der Waals surface area (Å²) in [5.74, 6) is 1.42. The van der Waals surface area contributed by atoms with E-state index in [0.717, 1.165) is 34.3 Å². The largest absolute Gasteiger partial charge is 0.358 e. The Morgan fingerprint density at radius 1 is 1.03 bits per heavy atom. The minimum absolute atomic E-state index is 0.187. The van der Waals surface area contributed by atoms with Crippen molar-refractivity contribution < 1.29 is 4.39 Å². The van der Waals surface area contributed by atoms with E-state index in [4.69, 9.17) is 11.6 Å². The number of fused-ring (bicyclic) bond motifs is 2. The van der Waals surface area contributed by atoms with Gasteiger partial charge in [0, 0.05) is 27.8 Å². The van der Waals surface area contributed by atoms with E-state index < -0.39 is 0 Å². The quantitative estimate of drug-likeness (QED) is 0.373. The number of nitrogens with zero attached hydrogens (tertiary/aromatic N) is 1. The molecule has 0 radical (unpaired) electrons. The van der Waals surface area contributed by atoms with E-state index in [2.05, 4.69) is 35.1 Å². The minimum atomic E-state index is -0.187. The molecule has 0 amide bonds. The highest BCUT2D eigenvalue weighted by atomic mass is 35.5. The van der Waals surface area contributed by atoms with Gasteiger partial charge in [-0.1, -0.05) is 24.6 Å². The first kappa shape index (κ1) is 18.6. The van der Waals surface area contributed by atoms with Crippen LogP contribution in [0.1, 0.15) is 55.7 Å². The number of H-pyrrole nitrogens is 1. The van der Waals surface area contributed by atoms with Crippen LogP contribution in [0.2, 0.25) is 5.02 Å². The lowest BCUT2D eigenvalue weighted by Gasteiger charge is -2.32. The van der Waals surface area contributed by atoms with Gasteiger partial charge in [-0.2, -0.15) is 0 Å². The highest BCUT2D eigenvalue weighted by Crippen LogP contribution is 2.43. The molecule has 29 heavy (non-hydrogen) atoms. The second-order valence-corrected chi connectivity index (χ2v) is 8.85. The van der Waals surface area contributed by atoms with Crippen molar-refractivity contribution in [3.8, 4) is 0 Å². The maximum absolute atomic E-state index is 13.8. The molecular formula is C25H24ClFN2. The van der Waals surface area contributed by atoms with Crippen molar-refractivity contribution in [2.45, 2.75) is 44.4 Å². The number of halogens is 2. The summed E-state index contributed by atoms with van der Waals surface area (Å²) >= 11 is 6.13. The topological polar surface area (TPSA) is 28.7 Å². The summed E-state index contributed by atoms with van der Waals surface area (Å²) in [5.41, 5.74) is 4.54. The lowest BCUT2D eigenvalue weighted by molar-refractivity contribution is 0.289. The van der Waals surface area contributed by atoms with Crippen molar-refractivity contribution >= 4 is 33.4 Å². The van der Waals surface area contributed by atoms with E-state index in [-0.39, 0.29) is 5.82 Å². The number of hydrogen-bond acceptors (Lipinski definition) is 1. The van der Waals surface area contributed by atoms with Crippen molar-refractivity contribution in [2.24, 2.45) is 5.92 Å². The molecule has 1 N–H and O–H groups in total. The van der Waals surface area contributed by atoms with Crippen LogP contribution in [0.3, 0.4) is 0 Å². The van der Waals surface area contributed by atoms with E-state index in [9.17, 15) is 4.39 Å². The Morgan fingerprint density at radius 2 is 1.86 bits per heavy atom. The van der Waals surface area contributed by atoms with Gasteiger partial charge in [-0.15, -0.1) is 0 Å². The first-order valence-corrected chi connectivity index (χ1v) is 10.8. The maximum atomic E-state index is 13.8. The first-order valence-electron chi connectivity index (χ1n) is 10.4. The molecule has 2 heterocycles. The highest BCUT2D eigenvalue weighted by Gasteiger charge is 2.28. The van der Waals surface area contributed by atoms with Crippen LogP contribution < -0.4 is 0 Å². The Labute approximate surface area is 175 Å². The summed E-state index contributed by atoms with van der Waals surface area (Å²) in [7, 11) is 0. The van der Waals surface area contributed by atoms with Gasteiger partial charge in [0.15, 0.2) is 0 Å². The maximum Gasteiger partial charge on any atom is 0.123 e. The van der Waals surface area contributed by atoms with Gasteiger partial charge in [-0.05, 0) is 96.9 Å². The molecule has 4 aromatic rings. The fraction of sp³-hybridized carbons (Fsp3) is 0.320. The zero-order valence-corrected chi connectivity index (χ0v) is 17.2. The molecule has 1 fully saturated rings. The summed E-state index contributed by atoms with van der Waals surface area (Å²) in [6.07, 6.45) is 6.50. The van der Waals surface area contributed by atoms with Gasteiger partial charge in [0.05, 0.1) is 5.52 Å². The summed E-state index contributed by atoms with van der Waals surface area (Å²) in [6, 6.07) is 15.3. The number of aromatic nitrogens is 2. The minimum Gasteiger partial charge on any atom is -0.358 e. The molecule has 0 unspecified atom stereocenters. The zero-order chi connectivity index (χ0) is 20.0. The standard InChI is InChI=1S/C25H24ClFN2/c1-15(24-12-18-6-7-19(26)13-25(18)29-24)16-2-4-17(5-3-16)21-10-11-28-23-9-8-20(27)14-22(21)23/h6-17,29H,2-5H2,1H3/t15-,16?,17?/m0/s1. The van der Waals surface area contributed by atoms with Crippen molar-refractivity contribution in [3.05, 3.63) is 76.8 Å². The molecule has 2 aromatic carbocycles. The van der Waals surface area contributed by atoms with Crippen LogP contribution in [0.4, 0.5) is 4.39 Å². The molecule has 0 bridgehead atoms. The van der Waals surface area contributed by atoms with Crippen molar-refractivity contribution in [3.63, 3.8) is 0 Å². The predicted molar refractivity (Wildman–Crippen MR) is 118 cm³/mol. The van der Waals surface area contributed by atoms with Gasteiger partial charge in [0.25, 0.3) is 0 Å². The number of rotatable bonds is 3. The van der Waals surface area contributed by atoms with Gasteiger partial charge in [-0.3, -0.25) is 4.98 Å². The molecule has 1 atom stereocenters. The molecule has 0 aliphatic heterocycles. The number of hydrogen-bond donors (Lipinski definition) is 1. The Hall–Kier alpha value is -2.39. The summed E-state index contributed by atoms with van der Waals surface area (Å²) in [4.78, 5) is 7.98. The van der Waals surface area contributed by atoms with Gasteiger partial charge < -0.3 is 4.98 Å². The third-order valence-electron chi connectivity index (χ3n) is 6.75. The number of benzene rings is 2. The molecule has 4 heteroatoms. The van der Waals surface area contributed by atoms with Gasteiger partial charge in [0.2, 0.25) is 0 Å². The molecule has 2 nitrogen and oxygen atoms in total. The average molecular weight is 407 g/mol. The molecule has 1 aliphatic carbocycles. The second kappa shape index (κ2) is 7.46. The fourth-order valence-corrected chi connectivity index (χ4v) is 5.22. The van der Waals surface area contributed by atoms with E-state index in [1.54, 1.807) is 12.1 Å². The van der Waals surface area contributed by atoms with Gasteiger partial charge in [0.1, 0.15) is 5.82 Å². The second-order valence-electron chi connectivity index (χ2n) is 8.42. The Balaban J connectivity index is 1.34. The Kier molecular flexibility index (Phi) is 4.79. The molecule has 0 spiro atoms. The smallest absolute Gasteiger partial charge is 0.123 e. The van der Waals surface area contributed by atoms with Crippen LogP contribution in [0.25, 0.3) is 21.8 Å². The van der Waals surface area contributed by atoms with E-state index in [1.807, 2.05) is 18.3 Å². The molecule has 5 rings (SSSR count). The molecule has 1 aliphatic rings. The summed E-state index contributed by atoms with van der Waals surface area (Å²) in [6.45, 7) is 2.33. The van der Waals surface area contributed by atoms with Crippen LogP contribution >= 0.6 is 11.6 Å². The third-order valence-corrected chi connectivity index (χ3v) is 6.99. The highest BCUT2D eigenvalue weighted by molar-refractivity contribution is 6.31. The summed E-state index contributed by atoms with van der Waals surface area (Å²) in [5, 5.41) is 2.95. The van der Waals surface area contributed by atoms with Crippen molar-refractivity contribution in [1.82, 2.24) is 9.97 Å². The Bertz CT molecular complexity index is 1170. The molecule has 1 saturated carbocycles. The van der Waals surface area contributed by atoms with Crippen molar-refractivity contribution in [1.29, 1.82) is 0 Å². The van der Waals surface area contributed by atoms with Crippen LogP contribution in [-0.4, -0.2) is 9.97 Å². The van der Waals surface area contributed by atoms with Gasteiger partial charge in [-0.25, -0.2) is 4.39 Å². The average Bonchev–Trinajstić information content (AvgIpc) is 3.16. The molecule has 0 saturated heterocycles. The number of nitrogens with one attached hydrogen (secondary N) is 1. The van der Waals surface area contributed by atoms with Crippen LogP contribution in [0.5, 0.6) is 0 Å². The van der Waals surface area contributed by atoms with E-state index >= 15 is 0 Å². The number of pyridine rings is 1. The first-order chi connectivity index (χ1) is 14.1. The lowest BCUT2D eigenvalue weighted by atomic mass is 9.73. The summed E-state index contributed by atoms with van der Waals surface area (Å²) < 4.78 is 13.8. The van der Waals surface area contributed by atoms with Crippen LogP contribution in [0, 0.1) is 11.7 Å². The molecular weight excluding hydrogens is 383 g/mol. The fourth-order valence-electron chi connectivity index (χ4n) is 5.05. The lowest BCUT2D eigenvalue weighted by Crippen LogP contribution is -2.18. The predicted octanol–water partition coefficient (Wildman–Crippen LogP) is 7.59. The van der Waals surface area contributed by atoms with E-state index in [0.29, 0.717) is 17.8 Å². The van der Waals surface area contributed by atoms with Gasteiger partial charge >= 0.3 is 0 Å².